The molecule has 29 heavy (non-hydrogen) atoms. The summed E-state index contributed by atoms with van der Waals surface area (Å²) in [6, 6.07) is 11.5. The molecular formula is C22H23F2NO4. The molecule has 0 fully saturated rings. The van der Waals surface area contributed by atoms with Crippen LogP contribution in [0.1, 0.15) is 31.0 Å². The maximum Gasteiger partial charge on any atom is 0.387 e. The molecule has 0 saturated carbocycles. The molecule has 154 valence electrons. The summed E-state index contributed by atoms with van der Waals surface area (Å²) in [6.07, 6.45) is 3.03. The first-order valence-electron chi connectivity index (χ1n) is 9.35. The van der Waals surface area contributed by atoms with Gasteiger partial charge < -0.3 is 19.5 Å². The predicted molar refractivity (Wildman–Crippen MR) is 105 cm³/mol. The molecular weight excluding hydrogens is 380 g/mol. The lowest BCUT2D eigenvalue weighted by Gasteiger charge is -2.25. The van der Waals surface area contributed by atoms with Crippen molar-refractivity contribution in [2.24, 2.45) is 5.92 Å². The van der Waals surface area contributed by atoms with Gasteiger partial charge in [0.05, 0.1) is 6.04 Å². The molecule has 1 atom stereocenters. The minimum atomic E-state index is -2.87. The molecule has 0 aliphatic carbocycles. The number of carbonyl (C=O) groups excluding carboxylic acids is 1. The van der Waals surface area contributed by atoms with Crippen molar-refractivity contribution in [2.75, 3.05) is 13.2 Å². The lowest BCUT2D eigenvalue weighted by Crippen LogP contribution is -2.30. The van der Waals surface area contributed by atoms with Crippen LogP contribution in [0.4, 0.5) is 8.78 Å². The monoisotopic (exact) mass is 403 g/mol. The van der Waals surface area contributed by atoms with Crippen LogP contribution in [-0.2, 0) is 4.79 Å². The first kappa shape index (κ1) is 20.6. The van der Waals surface area contributed by atoms with Crippen LogP contribution in [0.5, 0.6) is 17.2 Å². The third-order valence-corrected chi connectivity index (χ3v) is 4.42. The first-order chi connectivity index (χ1) is 13.9. The van der Waals surface area contributed by atoms with E-state index in [1.807, 2.05) is 32.0 Å². The second-order valence-electron chi connectivity index (χ2n) is 6.91. The smallest absolute Gasteiger partial charge is 0.387 e. The second kappa shape index (κ2) is 9.41. The highest BCUT2D eigenvalue weighted by atomic mass is 19.3. The van der Waals surface area contributed by atoms with E-state index in [1.165, 1.54) is 18.2 Å². The summed E-state index contributed by atoms with van der Waals surface area (Å²) in [4.78, 5) is 12.4. The fourth-order valence-electron chi connectivity index (χ4n) is 3.02. The number of amides is 1. The van der Waals surface area contributed by atoms with Crippen molar-refractivity contribution in [3.63, 3.8) is 0 Å². The Morgan fingerprint density at radius 2 is 1.76 bits per heavy atom. The molecule has 2 aromatic carbocycles. The van der Waals surface area contributed by atoms with Crippen LogP contribution < -0.4 is 19.5 Å². The third-order valence-electron chi connectivity index (χ3n) is 4.42. The van der Waals surface area contributed by atoms with E-state index in [-0.39, 0.29) is 23.6 Å². The molecule has 1 aliphatic heterocycles. The fourth-order valence-corrected chi connectivity index (χ4v) is 3.02. The van der Waals surface area contributed by atoms with E-state index in [4.69, 9.17) is 9.47 Å². The molecule has 3 rings (SSSR count). The maximum absolute atomic E-state index is 12.4. The Morgan fingerprint density at radius 1 is 1.07 bits per heavy atom. The standard InChI is InChI=1S/C22H23F2NO4/c1-14(2)21(16-6-9-18-19(13-16)28-12-11-27-18)25-20(26)10-5-15-3-7-17(8-4-15)29-22(23)24/h3-10,13-14,21-22H,11-12H2,1-2H3,(H,25,26)/b10-5+/t21-/m0/s1. The minimum absolute atomic E-state index is 0.0695. The molecule has 5 nitrogen and oxygen atoms in total. The molecule has 1 N–H and O–H groups in total. The van der Waals surface area contributed by atoms with E-state index in [0.717, 1.165) is 5.56 Å². The van der Waals surface area contributed by atoms with Crippen molar-refractivity contribution >= 4 is 12.0 Å². The summed E-state index contributed by atoms with van der Waals surface area (Å²) >= 11 is 0. The molecule has 0 saturated heterocycles. The number of halogens is 2. The zero-order valence-corrected chi connectivity index (χ0v) is 16.2. The fraction of sp³-hybridized carbons (Fsp3) is 0.318. The van der Waals surface area contributed by atoms with Crippen molar-refractivity contribution in [2.45, 2.75) is 26.5 Å². The van der Waals surface area contributed by atoms with Crippen molar-refractivity contribution in [3.8, 4) is 17.2 Å². The Kier molecular flexibility index (Phi) is 6.69. The number of rotatable bonds is 7. The van der Waals surface area contributed by atoms with Crippen molar-refractivity contribution in [1.82, 2.24) is 5.32 Å². The Balaban J connectivity index is 1.66. The highest BCUT2D eigenvalue weighted by Crippen LogP contribution is 2.34. The Bertz CT molecular complexity index is 866. The van der Waals surface area contributed by atoms with Gasteiger partial charge >= 0.3 is 6.61 Å². The highest BCUT2D eigenvalue weighted by molar-refractivity contribution is 5.92. The molecule has 1 heterocycles. The van der Waals surface area contributed by atoms with Crippen molar-refractivity contribution in [3.05, 3.63) is 59.7 Å². The van der Waals surface area contributed by atoms with Crippen molar-refractivity contribution in [1.29, 1.82) is 0 Å². The summed E-state index contributed by atoms with van der Waals surface area (Å²) in [7, 11) is 0. The number of fused-ring (bicyclic) bond motifs is 1. The van der Waals surface area contributed by atoms with Crippen LogP contribution >= 0.6 is 0 Å². The van der Waals surface area contributed by atoms with Crippen LogP contribution in [0.2, 0.25) is 0 Å². The SMILES string of the molecule is CC(C)[C@H](NC(=O)/C=C/c1ccc(OC(F)F)cc1)c1ccc2c(c1)OCCO2. The molecule has 7 heteroatoms. The van der Waals surface area contributed by atoms with Crippen LogP contribution in [0.3, 0.4) is 0 Å². The second-order valence-corrected chi connectivity index (χ2v) is 6.91. The van der Waals surface area contributed by atoms with Gasteiger partial charge in [-0.25, -0.2) is 0 Å². The number of carbonyl (C=O) groups is 1. The number of hydrogen-bond acceptors (Lipinski definition) is 4. The van der Waals surface area contributed by atoms with E-state index >= 15 is 0 Å². The van der Waals surface area contributed by atoms with Gasteiger partial charge in [0.25, 0.3) is 0 Å². The lowest BCUT2D eigenvalue weighted by atomic mass is 9.95. The minimum Gasteiger partial charge on any atom is -0.486 e. The summed E-state index contributed by atoms with van der Waals surface area (Å²) in [5.74, 6) is 1.34. The van der Waals surface area contributed by atoms with Crippen LogP contribution in [0.15, 0.2) is 48.5 Å². The van der Waals surface area contributed by atoms with Gasteiger partial charge in [-0.1, -0.05) is 32.0 Å². The Labute approximate surface area is 168 Å². The predicted octanol–water partition coefficient (Wildman–Crippen LogP) is 4.59. The van der Waals surface area contributed by atoms with E-state index < -0.39 is 6.61 Å². The molecule has 0 aromatic heterocycles. The van der Waals surface area contributed by atoms with E-state index in [2.05, 4.69) is 10.1 Å². The number of hydrogen-bond donors (Lipinski definition) is 1. The molecule has 1 aliphatic rings. The normalized spacial score (nSPS) is 14.3. The Hall–Kier alpha value is -3.09. The number of nitrogens with one attached hydrogen (secondary N) is 1. The van der Waals surface area contributed by atoms with Gasteiger partial charge in [-0.15, -0.1) is 0 Å². The molecule has 2 aromatic rings. The lowest BCUT2D eigenvalue weighted by molar-refractivity contribution is -0.117. The molecule has 1 amide bonds. The number of benzene rings is 2. The first-order valence-corrected chi connectivity index (χ1v) is 9.35. The van der Waals surface area contributed by atoms with Gasteiger partial charge in [0.15, 0.2) is 11.5 Å². The van der Waals surface area contributed by atoms with Gasteiger partial charge in [-0.2, -0.15) is 8.78 Å². The number of ether oxygens (including phenoxy) is 3. The van der Waals surface area contributed by atoms with Crippen LogP contribution in [0.25, 0.3) is 6.08 Å². The van der Waals surface area contributed by atoms with Gasteiger partial charge in [0.1, 0.15) is 19.0 Å². The summed E-state index contributed by atoms with van der Waals surface area (Å²) < 4.78 is 39.9. The highest BCUT2D eigenvalue weighted by Gasteiger charge is 2.20. The van der Waals surface area contributed by atoms with Crippen LogP contribution in [0, 0.1) is 5.92 Å². The van der Waals surface area contributed by atoms with Gasteiger partial charge in [-0.05, 0) is 47.4 Å². The maximum atomic E-state index is 12.4. The topological polar surface area (TPSA) is 56.8 Å². The zero-order chi connectivity index (χ0) is 20.8. The van der Waals surface area contributed by atoms with Gasteiger partial charge in [-0.3, -0.25) is 4.79 Å². The summed E-state index contributed by atoms with van der Waals surface area (Å²) in [5.41, 5.74) is 1.63. The van der Waals surface area contributed by atoms with E-state index in [0.29, 0.717) is 30.3 Å². The largest absolute Gasteiger partial charge is 0.486 e. The Morgan fingerprint density at radius 3 is 2.41 bits per heavy atom. The van der Waals surface area contributed by atoms with E-state index in [1.54, 1.807) is 18.2 Å². The molecule has 0 radical (unpaired) electrons. The third kappa shape index (κ3) is 5.70. The summed E-state index contributed by atoms with van der Waals surface area (Å²) in [5, 5.41) is 3.00. The quantitative estimate of drug-likeness (QED) is 0.688. The van der Waals surface area contributed by atoms with Gasteiger partial charge in [0, 0.05) is 6.08 Å². The summed E-state index contributed by atoms with van der Waals surface area (Å²) in [6.45, 7) is 2.20. The average Bonchev–Trinajstić information content (AvgIpc) is 2.70. The number of alkyl halides is 2. The van der Waals surface area contributed by atoms with Gasteiger partial charge in [0.2, 0.25) is 5.91 Å². The molecule has 0 bridgehead atoms. The average molecular weight is 403 g/mol. The van der Waals surface area contributed by atoms with Crippen molar-refractivity contribution < 1.29 is 27.8 Å². The van der Waals surface area contributed by atoms with E-state index in [9.17, 15) is 13.6 Å². The zero-order valence-electron chi connectivity index (χ0n) is 16.2. The van der Waals surface area contributed by atoms with Crippen LogP contribution in [-0.4, -0.2) is 25.7 Å². The molecule has 0 spiro atoms. The molecule has 0 unspecified atom stereocenters.